The Morgan fingerprint density at radius 3 is 3.11 bits per heavy atom. The highest BCUT2D eigenvalue weighted by atomic mass is 32.2. The molecule has 3 nitrogen and oxygen atoms in total. The SMILES string of the molecule is CCCNC(C)c1ccnc(N(C)C2CCSC2)c1. The van der Waals surface area contributed by atoms with Crippen LogP contribution in [0.1, 0.15) is 38.3 Å². The summed E-state index contributed by atoms with van der Waals surface area (Å²) in [7, 11) is 2.17. The van der Waals surface area contributed by atoms with E-state index in [0.717, 1.165) is 12.4 Å². The van der Waals surface area contributed by atoms with Crippen LogP contribution >= 0.6 is 11.8 Å². The molecule has 0 bridgehead atoms. The molecule has 2 rings (SSSR count). The molecule has 1 fully saturated rings. The summed E-state index contributed by atoms with van der Waals surface area (Å²) < 4.78 is 0. The first-order valence-electron chi connectivity index (χ1n) is 7.22. The Morgan fingerprint density at radius 2 is 2.42 bits per heavy atom. The van der Waals surface area contributed by atoms with Crippen LogP contribution in [-0.2, 0) is 0 Å². The number of nitrogens with one attached hydrogen (secondary N) is 1. The van der Waals surface area contributed by atoms with Gasteiger partial charge in [0.25, 0.3) is 0 Å². The minimum absolute atomic E-state index is 0.396. The van der Waals surface area contributed by atoms with Gasteiger partial charge in [0.05, 0.1) is 0 Å². The maximum absolute atomic E-state index is 4.54. The van der Waals surface area contributed by atoms with Crippen LogP contribution < -0.4 is 10.2 Å². The van der Waals surface area contributed by atoms with E-state index in [9.17, 15) is 0 Å². The number of thioether (sulfide) groups is 1. The fourth-order valence-electron chi connectivity index (χ4n) is 2.39. The maximum atomic E-state index is 4.54. The number of rotatable bonds is 6. The summed E-state index contributed by atoms with van der Waals surface area (Å²) in [5, 5.41) is 3.53. The first-order chi connectivity index (χ1) is 9.22. The monoisotopic (exact) mass is 279 g/mol. The highest BCUT2D eigenvalue weighted by Crippen LogP contribution is 2.26. The lowest BCUT2D eigenvalue weighted by atomic mass is 10.1. The van der Waals surface area contributed by atoms with Crippen LogP contribution in [0.15, 0.2) is 18.3 Å². The van der Waals surface area contributed by atoms with Crippen LogP contribution in [-0.4, -0.2) is 36.1 Å². The van der Waals surface area contributed by atoms with Gasteiger partial charge in [-0.25, -0.2) is 4.98 Å². The second kappa shape index (κ2) is 7.15. The molecule has 2 unspecified atom stereocenters. The third-order valence-electron chi connectivity index (χ3n) is 3.78. The Labute approximate surface area is 121 Å². The van der Waals surface area contributed by atoms with Gasteiger partial charge in [-0.1, -0.05) is 6.92 Å². The van der Waals surface area contributed by atoms with E-state index < -0.39 is 0 Å². The maximum Gasteiger partial charge on any atom is 0.128 e. The zero-order chi connectivity index (χ0) is 13.7. The quantitative estimate of drug-likeness (QED) is 0.866. The Bertz CT molecular complexity index is 391. The molecule has 0 amide bonds. The normalized spacial score (nSPS) is 20.5. The number of aromatic nitrogens is 1. The van der Waals surface area contributed by atoms with Crippen molar-refractivity contribution < 1.29 is 0 Å². The summed E-state index contributed by atoms with van der Waals surface area (Å²) in [6.45, 7) is 5.48. The van der Waals surface area contributed by atoms with E-state index >= 15 is 0 Å². The van der Waals surface area contributed by atoms with Crippen molar-refractivity contribution in [3.63, 3.8) is 0 Å². The highest BCUT2D eigenvalue weighted by molar-refractivity contribution is 7.99. The smallest absolute Gasteiger partial charge is 0.128 e. The van der Waals surface area contributed by atoms with E-state index in [-0.39, 0.29) is 0 Å². The van der Waals surface area contributed by atoms with Crippen LogP contribution in [0, 0.1) is 0 Å². The number of hydrogen-bond acceptors (Lipinski definition) is 4. The van der Waals surface area contributed by atoms with Gasteiger partial charge in [-0.3, -0.25) is 0 Å². The number of pyridine rings is 1. The number of anilines is 1. The van der Waals surface area contributed by atoms with Crippen molar-refractivity contribution in [1.82, 2.24) is 10.3 Å². The topological polar surface area (TPSA) is 28.2 Å². The van der Waals surface area contributed by atoms with Gasteiger partial charge in [0, 0.05) is 31.1 Å². The first-order valence-corrected chi connectivity index (χ1v) is 8.37. The Kier molecular flexibility index (Phi) is 5.52. The van der Waals surface area contributed by atoms with Crippen LogP contribution in [0.25, 0.3) is 0 Å². The molecule has 1 saturated heterocycles. The first kappa shape index (κ1) is 14.7. The fraction of sp³-hybridized carbons (Fsp3) is 0.667. The van der Waals surface area contributed by atoms with E-state index in [4.69, 9.17) is 0 Å². The zero-order valence-corrected chi connectivity index (χ0v) is 13.0. The number of hydrogen-bond donors (Lipinski definition) is 1. The molecule has 106 valence electrons. The Balaban J connectivity index is 2.05. The van der Waals surface area contributed by atoms with Crippen molar-refractivity contribution in [2.45, 2.75) is 38.8 Å². The molecule has 0 spiro atoms. The Morgan fingerprint density at radius 1 is 1.58 bits per heavy atom. The molecule has 0 aliphatic carbocycles. The predicted molar refractivity (Wildman–Crippen MR) is 85.1 cm³/mol. The van der Waals surface area contributed by atoms with Crippen LogP contribution in [0.3, 0.4) is 0 Å². The molecule has 1 aromatic rings. The van der Waals surface area contributed by atoms with Crippen LogP contribution in [0.2, 0.25) is 0 Å². The third-order valence-corrected chi connectivity index (χ3v) is 4.93. The van der Waals surface area contributed by atoms with Gasteiger partial charge in [-0.05, 0) is 49.8 Å². The summed E-state index contributed by atoms with van der Waals surface area (Å²) in [6.07, 6.45) is 4.38. The summed E-state index contributed by atoms with van der Waals surface area (Å²) in [4.78, 5) is 6.88. The molecule has 0 radical (unpaired) electrons. The summed E-state index contributed by atoms with van der Waals surface area (Å²) in [5.41, 5.74) is 1.33. The second-order valence-corrected chi connectivity index (χ2v) is 6.40. The summed E-state index contributed by atoms with van der Waals surface area (Å²) >= 11 is 2.04. The van der Waals surface area contributed by atoms with E-state index in [1.165, 1.54) is 29.9 Å². The minimum atomic E-state index is 0.396. The lowest BCUT2D eigenvalue weighted by Crippen LogP contribution is -2.32. The highest BCUT2D eigenvalue weighted by Gasteiger charge is 2.21. The fourth-order valence-corrected chi connectivity index (χ4v) is 3.66. The van der Waals surface area contributed by atoms with Gasteiger partial charge in [-0.2, -0.15) is 11.8 Å². The van der Waals surface area contributed by atoms with Crippen LogP contribution in [0.4, 0.5) is 5.82 Å². The molecule has 2 heterocycles. The van der Waals surface area contributed by atoms with Crippen molar-refractivity contribution in [2.24, 2.45) is 0 Å². The van der Waals surface area contributed by atoms with E-state index in [2.05, 4.69) is 48.2 Å². The molecule has 1 aliphatic rings. The van der Waals surface area contributed by atoms with E-state index in [1.54, 1.807) is 0 Å². The average molecular weight is 279 g/mol. The van der Waals surface area contributed by atoms with E-state index in [1.807, 2.05) is 18.0 Å². The molecule has 0 aromatic carbocycles. The number of nitrogens with zero attached hydrogens (tertiary/aromatic N) is 2. The van der Waals surface area contributed by atoms with Gasteiger partial charge in [0.2, 0.25) is 0 Å². The average Bonchev–Trinajstić information content (AvgIpc) is 2.98. The second-order valence-electron chi connectivity index (χ2n) is 5.25. The van der Waals surface area contributed by atoms with Gasteiger partial charge < -0.3 is 10.2 Å². The van der Waals surface area contributed by atoms with Gasteiger partial charge >= 0.3 is 0 Å². The molecular weight excluding hydrogens is 254 g/mol. The largest absolute Gasteiger partial charge is 0.356 e. The van der Waals surface area contributed by atoms with Gasteiger partial charge in [0.1, 0.15) is 5.82 Å². The lowest BCUT2D eigenvalue weighted by Gasteiger charge is -2.26. The zero-order valence-electron chi connectivity index (χ0n) is 12.2. The van der Waals surface area contributed by atoms with Gasteiger partial charge in [-0.15, -0.1) is 0 Å². The molecule has 1 aliphatic heterocycles. The Hall–Kier alpha value is -0.740. The van der Waals surface area contributed by atoms with Crippen molar-refractivity contribution in [3.05, 3.63) is 23.9 Å². The molecule has 4 heteroatoms. The summed E-state index contributed by atoms with van der Waals surface area (Å²) in [5.74, 6) is 3.62. The van der Waals surface area contributed by atoms with Crippen molar-refractivity contribution >= 4 is 17.6 Å². The third kappa shape index (κ3) is 3.86. The molecular formula is C15H25N3S. The van der Waals surface area contributed by atoms with Gasteiger partial charge in [0.15, 0.2) is 0 Å². The molecule has 2 atom stereocenters. The van der Waals surface area contributed by atoms with Crippen molar-refractivity contribution in [2.75, 3.05) is 30.0 Å². The molecule has 1 aromatic heterocycles. The van der Waals surface area contributed by atoms with Crippen LogP contribution in [0.5, 0.6) is 0 Å². The van der Waals surface area contributed by atoms with E-state index in [0.29, 0.717) is 12.1 Å². The molecule has 0 saturated carbocycles. The standard InChI is InChI=1S/C15H25N3S/c1-4-7-16-12(2)13-5-8-17-15(10-13)18(3)14-6-9-19-11-14/h5,8,10,12,14,16H,4,6-7,9,11H2,1-3H3. The van der Waals surface area contributed by atoms with Crippen molar-refractivity contribution in [3.8, 4) is 0 Å². The molecule has 19 heavy (non-hydrogen) atoms. The van der Waals surface area contributed by atoms with Crippen molar-refractivity contribution in [1.29, 1.82) is 0 Å². The minimum Gasteiger partial charge on any atom is -0.356 e. The molecule has 1 N–H and O–H groups in total. The predicted octanol–water partition coefficient (Wildman–Crippen LogP) is 3.08. The lowest BCUT2D eigenvalue weighted by molar-refractivity contribution is 0.569. The summed E-state index contributed by atoms with van der Waals surface area (Å²) in [6, 6.07) is 5.39.